The Morgan fingerprint density at radius 2 is 2.13 bits per heavy atom. The lowest BCUT2D eigenvalue weighted by molar-refractivity contribution is 0.0697. The van der Waals surface area contributed by atoms with Crippen LogP contribution in [0.4, 0.5) is 5.69 Å². The first-order valence-electron chi connectivity index (χ1n) is 4.22. The highest BCUT2D eigenvalue weighted by atomic mass is 35.5. The maximum absolute atomic E-state index is 10.8. The van der Waals surface area contributed by atoms with Gasteiger partial charge in [0.2, 0.25) is 0 Å². The summed E-state index contributed by atoms with van der Waals surface area (Å²) in [5, 5.41) is 8.94. The van der Waals surface area contributed by atoms with Crippen molar-refractivity contribution < 1.29 is 19.4 Å². The van der Waals surface area contributed by atoms with Crippen LogP contribution in [0.5, 0.6) is 11.5 Å². The van der Waals surface area contributed by atoms with E-state index in [0.29, 0.717) is 24.7 Å². The molecule has 6 heteroatoms. The summed E-state index contributed by atoms with van der Waals surface area (Å²) in [5.74, 6) is -0.519. The third-order valence-corrected chi connectivity index (χ3v) is 2.42. The van der Waals surface area contributed by atoms with Gasteiger partial charge < -0.3 is 20.3 Å². The van der Waals surface area contributed by atoms with Crippen molar-refractivity contribution in [3.63, 3.8) is 0 Å². The summed E-state index contributed by atoms with van der Waals surface area (Å²) in [6.45, 7) is 0.741. The Labute approximate surface area is 90.3 Å². The summed E-state index contributed by atoms with van der Waals surface area (Å²) in [7, 11) is 0. The fourth-order valence-corrected chi connectivity index (χ4v) is 1.59. The highest BCUT2D eigenvalue weighted by molar-refractivity contribution is 6.35. The maximum Gasteiger partial charge on any atom is 0.337 e. The number of carboxylic acid groups (broad SMARTS) is 1. The van der Waals surface area contributed by atoms with Crippen LogP contribution in [0.15, 0.2) is 6.07 Å². The lowest BCUT2D eigenvalue weighted by Gasteiger charge is -2.20. The Morgan fingerprint density at radius 1 is 1.47 bits per heavy atom. The molecule has 0 atom stereocenters. The van der Waals surface area contributed by atoms with Crippen LogP contribution in [0.1, 0.15) is 10.4 Å². The van der Waals surface area contributed by atoms with E-state index in [0.717, 1.165) is 0 Å². The normalized spacial score (nSPS) is 13.7. The van der Waals surface area contributed by atoms with E-state index in [4.69, 9.17) is 31.9 Å². The fourth-order valence-electron chi connectivity index (χ4n) is 1.34. The second kappa shape index (κ2) is 3.51. The summed E-state index contributed by atoms with van der Waals surface area (Å²) < 4.78 is 10.5. The number of anilines is 1. The standard InChI is InChI=1S/C9H8ClNO4/c10-6-7(11)4(9(12)13)3-5-8(6)15-2-1-14-5/h3H,1-2,11H2,(H,12,13). The predicted molar refractivity (Wildman–Crippen MR) is 53.8 cm³/mol. The molecule has 1 aliphatic rings. The molecule has 0 radical (unpaired) electrons. The van der Waals surface area contributed by atoms with Gasteiger partial charge in [-0.25, -0.2) is 4.79 Å². The van der Waals surface area contributed by atoms with Gasteiger partial charge in [0, 0.05) is 6.07 Å². The van der Waals surface area contributed by atoms with Crippen LogP contribution in [0.2, 0.25) is 5.02 Å². The molecule has 1 aliphatic heterocycles. The summed E-state index contributed by atoms with van der Waals surface area (Å²) in [6, 6.07) is 1.32. The first-order valence-corrected chi connectivity index (χ1v) is 4.60. The number of rotatable bonds is 1. The zero-order valence-corrected chi connectivity index (χ0v) is 8.37. The van der Waals surface area contributed by atoms with Crippen LogP contribution in [-0.2, 0) is 0 Å². The Bertz CT molecular complexity index is 433. The average molecular weight is 230 g/mol. The van der Waals surface area contributed by atoms with E-state index in [-0.39, 0.29) is 16.3 Å². The highest BCUT2D eigenvalue weighted by Gasteiger charge is 2.23. The number of aromatic carboxylic acids is 1. The number of nitrogens with two attached hydrogens (primary N) is 1. The molecule has 80 valence electrons. The molecule has 3 N–H and O–H groups in total. The number of nitrogen functional groups attached to an aromatic ring is 1. The lowest BCUT2D eigenvalue weighted by Crippen LogP contribution is -2.17. The number of ether oxygens (including phenoxy) is 2. The lowest BCUT2D eigenvalue weighted by atomic mass is 10.1. The third-order valence-electron chi connectivity index (χ3n) is 2.04. The molecular formula is C9H8ClNO4. The Balaban J connectivity index is 2.63. The Kier molecular flexibility index (Phi) is 2.32. The van der Waals surface area contributed by atoms with Crippen LogP contribution >= 0.6 is 11.6 Å². The molecule has 0 saturated heterocycles. The van der Waals surface area contributed by atoms with E-state index in [1.807, 2.05) is 0 Å². The molecule has 2 rings (SSSR count). The fraction of sp³-hybridized carbons (Fsp3) is 0.222. The molecule has 0 aromatic heterocycles. The average Bonchev–Trinajstić information content (AvgIpc) is 2.23. The second-order valence-electron chi connectivity index (χ2n) is 2.98. The number of hydrogen-bond acceptors (Lipinski definition) is 4. The number of fused-ring (bicyclic) bond motifs is 1. The zero-order chi connectivity index (χ0) is 11.0. The first kappa shape index (κ1) is 9.92. The van der Waals surface area contributed by atoms with Gasteiger partial charge in [-0.1, -0.05) is 11.6 Å². The van der Waals surface area contributed by atoms with Crippen molar-refractivity contribution in [2.24, 2.45) is 0 Å². The van der Waals surface area contributed by atoms with Gasteiger partial charge in [0.25, 0.3) is 0 Å². The van der Waals surface area contributed by atoms with Gasteiger partial charge in [-0.15, -0.1) is 0 Å². The molecule has 0 bridgehead atoms. The van der Waals surface area contributed by atoms with Gasteiger partial charge in [-0.05, 0) is 0 Å². The third kappa shape index (κ3) is 1.55. The van der Waals surface area contributed by atoms with E-state index in [1.54, 1.807) is 0 Å². The largest absolute Gasteiger partial charge is 0.486 e. The van der Waals surface area contributed by atoms with Crippen molar-refractivity contribution in [3.05, 3.63) is 16.7 Å². The van der Waals surface area contributed by atoms with Crippen LogP contribution in [0.3, 0.4) is 0 Å². The quantitative estimate of drug-likeness (QED) is 0.712. The van der Waals surface area contributed by atoms with Crippen molar-refractivity contribution in [1.82, 2.24) is 0 Å². The van der Waals surface area contributed by atoms with Gasteiger partial charge >= 0.3 is 5.97 Å². The smallest absolute Gasteiger partial charge is 0.337 e. The molecule has 0 aliphatic carbocycles. The van der Waals surface area contributed by atoms with Gasteiger partial charge in [-0.3, -0.25) is 0 Å². The molecule has 15 heavy (non-hydrogen) atoms. The van der Waals surface area contributed by atoms with E-state index < -0.39 is 5.97 Å². The minimum Gasteiger partial charge on any atom is -0.486 e. The molecule has 0 unspecified atom stereocenters. The highest BCUT2D eigenvalue weighted by Crippen LogP contribution is 2.42. The summed E-state index contributed by atoms with van der Waals surface area (Å²) in [6.07, 6.45) is 0. The van der Waals surface area contributed by atoms with Gasteiger partial charge in [-0.2, -0.15) is 0 Å². The minimum absolute atomic E-state index is 0.00610. The van der Waals surface area contributed by atoms with E-state index >= 15 is 0 Å². The van der Waals surface area contributed by atoms with E-state index in [9.17, 15) is 4.79 Å². The monoisotopic (exact) mass is 229 g/mol. The number of carboxylic acids is 1. The number of hydrogen-bond donors (Lipinski definition) is 2. The second-order valence-corrected chi connectivity index (χ2v) is 3.36. The number of halogens is 1. The van der Waals surface area contributed by atoms with Crippen LogP contribution in [0.25, 0.3) is 0 Å². The van der Waals surface area contributed by atoms with Crippen molar-refractivity contribution >= 4 is 23.3 Å². The zero-order valence-electron chi connectivity index (χ0n) is 7.62. The molecule has 1 heterocycles. The molecule has 0 spiro atoms. The molecular weight excluding hydrogens is 222 g/mol. The summed E-state index contributed by atoms with van der Waals surface area (Å²) >= 11 is 5.87. The van der Waals surface area contributed by atoms with Crippen LogP contribution in [0, 0.1) is 0 Å². The number of carbonyl (C=O) groups is 1. The topological polar surface area (TPSA) is 81.8 Å². The number of benzene rings is 1. The van der Waals surface area contributed by atoms with Crippen molar-refractivity contribution in [2.75, 3.05) is 18.9 Å². The molecule has 0 saturated carbocycles. The van der Waals surface area contributed by atoms with Crippen molar-refractivity contribution in [2.45, 2.75) is 0 Å². The first-order chi connectivity index (χ1) is 7.11. The predicted octanol–water partition coefficient (Wildman–Crippen LogP) is 1.39. The molecule has 1 aromatic rings. The maximum atomic E-state index is 10.8. The molecule has 5 nitrogen and oxygen atoms in total. The van der Waals surface area contributed by atoms with Crippen LogP contribution in [-0.4, -0.2) is 24.3 Å². The summed E-state index contributed by atoms with van der Waals surface area (Å²) in [5.41, 5.74) is 5.47. The Hall–Kier alpha value is -1.62. The van der Waals surface area contributed by atoms with Gasteiger partial charge in [0.1, 0.15) is 18.2 Å². The SMILES string of the molecule is Nc1c(C(=O)O)cc2c(c1Cl)OCCO2. The van der Waals surface area contributed by atoms with Gasteiger partial charge in [0.05, 0.1) is 11.3 Å². The molecule has 1 aromatic carbocycles. The molecule has 0 amide bonds. The van der Waals surface area contributed by atoms with Crippen molar-refractivity contribution in [1.29, 1.82) is 0 Å². The van der Waals surface area contributed by atoms with Gasteiger partial charge in [0.15, 0.2) is 11.5 Å². The minimum atomic E-state index is -1.15. The van der Waals surface area contributed by atoms with Crippen molar-refractivity contribution in [3.8, 4) is 11.5 Å². The summed E-state index contributed by atoms with van der Waals surface area (Å²) in [4.78, 5) is 10.8. The van der Waals surface area contributed by atoms with Crippen LogP contribution < -0.4 is 15.2 Å². The Morgan fingerprint density at radius 3 is 2.80 bits per heavy atom. The van der Waals surface area contributed by atoms with E-state index in [1.165, 1.54) is 6.07 Å². The van der Waals surface area contributed by atoms with E-state index in [2.05, 4.69) is 0 Å². The molecule has 0 fully saturated rings.